The second kappa shape index (κ2) is 7.94. The van der Waals surface area contributed by atoms with Gasteiger partial charge in [0.1, 0.15) is 5.82 Å². The molecule has 2 aliphatic heterocycles. The number of hydrogen-bond acceptors (Lipinski definition) is 4. The van der Waals surface area contributed by atoms with E-state index in [1.165, 1.54) is 22.5 Å². The summed E-state index contributed by atoms with van der Waals surface area (Å²) >= 11 is 5.39. The van der Waals surface area contributed by atoms with Crippen molar-refractivity contribution in [2.75, 3.05) is 39.3 Å². The number of nitrogens with zero attached hydrogens (tertiary/aromatic N) is 2. The van der Waals surface area contributed by atoms with Gasteiger partial charge in [0.05, 0.1) is 11.0 Å². The van der Waals surface area contributed by atoms with Crippen LogP contribution in [0.4, 0.5) is 4.39 Å². The standard InChI is InChI=1S/C16H22FN3O3S2/c17-13-3-1-5-15(11-13)25(21,22)20-8-6-19(7-9-20)16(24)18-12-14-4-2-10-23-14/h1,3,5,11,14H,2,4,6-10,12H2,(H,18,24)/t14-/m0/s1. The Morgan fingerprint density at radius 1 is 1.32 bits per heavy atom. The van der Waals surface area contributed by atoms with E-state index in [9.17, 15) is 12.8 Å². The van der Waals surface area contributed by atoms with Crippen LogP contribution in [0.2, 0.25) is 0 Å². The van der Waals surface area contributed by atoms with Gasteiger partial charge in [0, 0.05) is 39.3 Å². The molecule has 2 heterocycles. The van der Waals surface area contributed by atoms with Gasteiger partial charge >= 0.3 is 0 Å². The number of benzene rings is 1. The molecule has 9 heteroatoms. The molecule has 2 saturated heterocycles. The molecule has 2 aliphatic rings. The highest BCUT2D eigenvalue weighted by molar-refractivity contribution is 7.89. The maximum Gasteiger partial charge on any atom is 0.243 e. The maximum absolute atomic E-state index is 13.3. The van der Waals surface area contributed by atoms with E-state index in [-0.39, 0.29) is 11.0 Å². The van der Waals surface area contributed by atoms with Crippen LogP contribution in [0.25, 0.3) is 0 Å². The Morgan fingerprint density at radius 3 is 2.72 bits per heavy atom. The largest absolute Gasteiger partial charge is 0.376 e. The van der Waals surface area contributed by atoms with Gasteiger partial charge in [0.2, 0.25) is 10.0 Å². The lowest BCUT2D eigenvalue weighted by molar-refractivity contribution is 0.113. The third kappa shape index (κ3) is 4.46. The molecule has 0 saturated carbocycles. The Bertz CT molecular complexity index is 715. The molecule has 1 aromatic carbocycles. The molecule has 0 unspecified atom stereocenters. The molecule has 1 atom stereocenters. The summed E-state index contributed by atoms with van der Waals surface area (Å²) in [7, 11) is -3.68. The second-order valence-corrected chi connectivity index (χ2v) is 8.49. The van der Waals surface area contributed by atoms with Gasteiger partial charge in [0.15, 0.2) is 5.11 Å². The predicted octanol–water partition coefficient (Wildman–Crippen LogP) is 1.19. The first kappa shape index (κ1) is 18.5. The Hall–Kier alpha value is -1.29. The molecular weight excluding hydrogens is 365 g/mol. The lowest BCUT2D eigenvalue weighted by Crippen LogP contribution is -2.53. The van der Waals surface area contributed by atoms with Crippen LogP contribution in [0, 0.1) is 5.82 Å². The third-order valence-electron chi connectivity index (χ3n) is 4.46. The van der Waals surface area contributed by atoms with Crippen molar-refractivity contribution >= 4 is 27.4 Å². The number of rotatable bonds is 4. The average molecular weight is 388 g/mol. The molecule has 0 bridgehead atoms. The van der Waals surface area contributed by atoms with Gasteiger partial charge in [-0.1, -0.05) is 6.07 Å². The molecule has 0 aliphatic carbocycles. The van der Waals surface area contributed by atoms with E-state index in [1.807, 2.05) is 4.90 Å². The zero-order valence-corrected chi connectivity index (χ0v) is 15.5. The minimum atomic E-state index is -3.68. The molecule has 138 valence electrons. The molecule has 0 spiro atoms. The average Bonchev–Trinajstić information content (AvgIpc) is 3.13. The molecule has 0 aromatic heterocycles. The molecule has 25 heavy (non-hydrogen) atoms. The van der Waals surface area contributed by atoms with Crippen molar-refractivity contribution in [1.29, 1.82) is 0 Å². The normalized spacial score (nSPS) is 22.1. The summed E-state index contributed by atoms with van der Waals surface area (Å²) in [5.41, 5.74) is 0. The van der Waals surface area contributed by atoms with Gasteiger partial charge in [-0.15, -0.1) is 0 Å². The number of hydrogen-bond donors (Lipinski definition) is 1. The first-order valence-electron chi connectivity index (χ1n) is 8.37. The van der Waals surface area contributed by atoms with E-state index in [1.54, 1.807) is 0 Å². The van der Waals surface area contributed by atoms with Crippen LogP contribution in [0.5, 0.6) is 0 Å². The highest BCUT2D eigenvalue weighted by Crippen LogP contribution is 2.18. The van der Waals surface area contributed by atoms with Crippen LogP contribution in [-0.4, -0.2) is 68.2 Å². The summed E-state index contributed by atoms with van der Waals surface area (Å²) in [4.78, 5) is 1.95. The molecule has 0 radical (unpaired) electrons. The number of halogens is 1. The van der Waals surface area contributed by atoms with Crippen LogP contribution in [-0.2, 0) is 14.8 Å². The van der Waals surface area contributed by atoms with E-state index < -0.39 is 15.8 Å². The van der Waals surface area contributed by atoms with Crippen molar-refractivity contribution < 1.29 is 17.5 Å². The van der Waals surface area contributed by atoms with E-state index in [4.69, 9.17) is 17.0 Å². The fraction of sp³-hybridized carbons (Fsp3) is 0.562. The number of nitrogens with one attached hydrogen (secondary N) is 1. The first-order chi connectivity index (χ1) is 12.0. The Morgan fingerprint density at radius 2 is 2.08 bits per heavy atom. The summed E-state index contributed by atoms with van der Waals surface area (Å²) < 4.78 is 45.4. The number of ether oxygens (including phenoxy) is 1. The molecule has 1 aromatic rings. The predicted molar refractivity (Wildman–Crippen MR) is 96.3 cm³/mol. The van der Waals surface area contributed by atoms with Crippen LogP contribution >= 0.6 is 12.2 Å². The van der Waals surface area contributed by atoms with Crippen molar-refractivity contribution in [2.24, 2.45) is 0 Å². The molecule has 6 nitrogen and oxygen atoms in total. The Kier molecular flexibility index (Phi) is 5.88. The third-order valence-corrected chi connectivity index (χ3v) is 6.76. The summed E-state index contributed by atoms with van der Waals surface area (Å²) in [5, 5.41) is 3.83. The number of sulfonamides is 1. The summed E-state index contributed by atoms with van der Waals surface area (Å²) in [6.07, 6.45) is 2.32. The van der Waals surface area contributed by atoms with Gasteiger partial charge in [-0.05, 0) is 43.3 Å². The molecule has 2 fully saturated rings. The monoisotopic (exact) mass is 387 g/mol. The zero-order valence-electron chi connectivity index (χ0n) is 13.9. The van der Waals surface area contributed by atoms with Crippen LogP contribution in [0.1, 0.15) is 12.8 Å². The second-order valence-electron chi connectivity index (χ2n) is 6.17. The van der Waals surface area contributed by atoms with Crippen LogP contribution < -0.4 is 5.32 Å². The summed E-state index contributed by atoms with van der Waals surface area (Å²) in [5.74, 6) is -0.556. The molecule has 0 amide bonds. The van der Waals surface area contributed by atoms with E-state index in [0.29, 0.717) is 37.8 Å². The van der Waals surface area contributed by atoms with Crippen LogP contribution in [0.15, 0.2) is 29.2 Å². The topological polar surface area (TPSA) is 61.9 Å². The molecule has 1 N–H and O–H groups in total. The van der Waals surface area contributed by atoms with Gasteiger partial charge < -0.3 is 15.0 Å². The summed E-state index contributed by atoms with van der Waals surface area (Å²) in [6, 6.07) is 5.10. The van der Waals surface area contributed by atoms with Gasteiger partial charge in [-0.2, -0.15) is 4.31 Å². The Labute approximate surface area is 153 Å². The lowest BCUT2D eigenvalue weighted by atomic mass is 10.2. The highest BCUT2D eigenvalue weighted by Gasteiger charge is 2.29. The fourth-order valence-corrected chi connectivity index (χ4v) is 4.75. The fourth-order valence-electron chi connectivity index (χ4n) is 3.03. The van der Waals surface area contributed by atoms with Gasteiger partial charge in [-0.25, -0.2) is 12.8 Å². The van der Waals surface area contributed by atoms with Crippen LogP contribution in [0.3, 0.4) is 0 Å². The minimum Gasteiger partial charge on any atom is -0.376 e. The number of piperazine rings is 1. The maximum atomic E-state index is 13.3. The van der Waals surface area contributed by atoms with Crippen molar-refractivity contribution in [3.8, 4) is 0 Å². The highest BCUT2D eigenvalue weighted by atomic mass is 32.2. The first-order valence-corrected chi connectivity index (χ1v) is 10.2. The van der Waals surface area contributed by atoms with E-state index >= 15 is 0 Å². The van der Waals surface area contributed by atoms with Crippen molar-refractivity contribution in [3.63, 3.8) is 0 Å². The molecular formula is C16H22FN3O3S2. The van der Waals surface area contributed by atoms with Gasteiger partial charge in [0.25, 0.3) is 0 Å². The van der Waals surface area contributed by atoms with Crippen molar-refractivity contribution in [1.82, 2.24) is 14.5 Å². The number of thiocarbonyl (C=S) groups is 1. The lowest BCUT2D eigenvalue weighted by Gasteiger charge is -2.35. The summed E-state index contributed by atoms with van der Waals surface area (Å²) in [6.45, 7) is 3.13. The van der Waals surface area contributed by atoms with Gasteiger partial charge in [-0.3, -0.25) is 0 Å². The SMILES string of the molecule is O=S(=O)(c1cccc(F)c1)N1CCN(C(=S)NC[C@@H]2CCCO2)CC1. The van der Waals surface area contributed by atoms with E-state index in [2.05, 4.69) is 5.32 Å². The smallest absolute Gasteiger partial charge is 0.243 e. The Balaban J connectivity index is 1.53. The molecule has 3 rings (SSSR count). The van der Waals surface area contributed by atoms with E-state index in [0.717, 1.165) is 25.5 Å². The quantitative estimate of drug-likeness (QED) is 0.783. The van der Waals surface area contributed by atoms with Crippen molar-refractivity contribution in [2.45, 2.75) is 23.8 Å². The van der Waals surface area contributed by atoms with Crippen molar-refractivity contribution in [3.05, 3.63) is 30.1 Å². The minimum absolute atomic E-state index is 0.0139. The zero-order chi connectivity index (χ0) is 17.9.